The Hall–Kier alpha value is -0.780. The monoisotopic (exact) mass is 306 g/mol. The molecule has 122 valence electrons. The zero-order chi connectivity index (χ0) is 15.5. The summed E-state index contributed by atoms with van der Waals surface area (Å²) < 4.78 is 38.3. The molecule has 2 aliphatic rings. The van der Waals surface area contributed by atoms with Crippen LogP contribution in [-0.4, -0.2) is 36.1 Å². The molecule has 1 aliphatic heterocycles. The first kappa shape index (κ1) is 16.6. The molecule has 1 heterocycles. The summed E-state index contributed by atoms with van der Waals surface area (Å²) in [6.45, 7) is 0.185. The fourth-order valence-electron chi connectivity index (χ4n) is 3.56. The van der Waals surface area contributed by atoms with Gasteiger partial charge in [0, 0.05) is 13.1 Å². The number of nitrogens with two attached hydrogens (primary N) is 1. The lowest BCUT2D eigenvalue weighted by molar-refractivity contribution is -0.188. The van der Waals surface area contributed by atoms with Crippen molar-refractivity contribution in [2.24, 2.45) is 17.6 Å². The Bertz CT molecular complexity index is 353. The SMILES string of the molecule is NC(CC1CCCCC1)C(=O)N1CCCC(C(F)(F)F)C1. The second-order valence-corrected chi connectivity index (χ2v) is 6.51. The lowest BCUT2D eigenvalue weighted by atomic mass is 9.84. The van der Waals surface area contributed by atoms with Crippen molar-refractivity contribution in [3.8, 4) is 0 Å². The van der Waals surface area contributed by atoms with E-state index >= 15 is 0 Å². The Kier molecular flexibility index (Phi) is 5.52. The molecule has 1 saturated heterocycles. The molecule has 2 atom stereocenters. The summed E-state index contributed by atoms with van der Waals surface area (Å²) in [4.78, 5) is 13.6. The minimum atomic E-state index is -4.22. The van der Waals surface area contributed by atoms with Crippen molar-refractivity contribution < 1.29 is 18.0 Å². The number of piperidine rings is 1. The Morgan fingerprint density at radius 3 is 2.43 bits per heavy atom. The van der Waals surface area contributed by atoms with Crippen LogP contribution in [0.3, 0.4) is 0 Å². The molecule has 2 rings (SSSR count). The molecule has 2 fully saturated rings. The predicted octanol–water partition coefficient (Wildman–Crippen LogP) is 3.09. The number of carbonyl (C=O) groups is 1. The van der Waals surface area contributed by atoms with Crippen molar-refractivity contribution >= 4 is 5.91 Å². The summed E-state index contributed by atoms with van der Waals surface area (Å²) in [7, 11) is 0. The van der Waals surface area contributed by atoms with Crippen molar-refractivity contribution in [1.29, 1.82) is 0 Å². The lowest BCUT2D eigenvalue weighted by Crippen LogP contribution is -2.50. The standard InChI is InChI=1S/C15H25F3N2O/c16-15(17,18)12-7-4-8-20(10-12)14(21)13(19)9-11-5-2-1-3-6-11/h11-13H,1-10,19H2. The Morgan fingerprint density at radius 2 is 1.81 bits per heavy atom. The molecule has 0 aromatic rings. The molecular weight excluding hydrogens is 281 g/mol. The first-order valence-corrected chi connectivity index (χ1v) is 7.99. The van der Waals surface area contributed by atoms with E-state index < -0.39 is 18.1 Å². The quantitative estimate of drug-likeness (QED) is 0.871. The number of likely N-dealkylation sites (tertiary alicyclic amines) is 1. The number of rotatable bonds is 3. The van der Waals surface area contributed by atoms with E-state index in [0.717, 1.165) is 12.8 Å². The topological polar surface area (TPSA) is 46.3 Å². The third kappa shape index (κ3) is 4.59. The highest BCUT2D eigenvalue weighted by molar-refractivity contribution is 5.81. The maximum absolute atomic E-state index is 12.8. The van der Waals surface area contributed by atoms with Crippen LogP contribution in [0.5, 0.6) is 0 Å². The molecule has 0 spiro atoms. The summed E-state index contributed by atoms with van der Waals surface area (Å²) in [5, 5.41) is 0. The molecular formula is C15H25F3N2O. The average Bonchev–Trinajstić information content (AvgIpc) is 2.46. The van der Waals surface area contributed by atoms with Crippen molar-refractivity contribution in [3.05, 3.63) is 0 Å². The molecule has 2 unspecified atom stereocenters. The van der Waals surface area contributed by atoms with Gasteiger partial charge in [-0.2, -0.15) is 13.2 Å². The number of halogens is 3. The van der Waals surface area contributed by atoms with E-state index in [1.807, 2.05) is 0 Å². The number of nitrogens with zero attached hydrogens (tertiary/aromatic N) is 1. The van der Waals surface area contributed by atoms with Gasteiger partial charge >= 0.3 is 6.18 Å². The first-order valence-electron chi connectivity index (χ1n) is 7.99. The zero-order valence-electron chi connectivity index (χ0n) is 12.4. The summed E-state index contributed by atoms with van der Waals surface area (Å²) in [5.74, 6) is -1.23. The van der Waals surface area contributed by atoms with Crippen LogP contribution in [0.2, 0.25) is 0 Å². The number of alkyl halides is 3. The molecule has 1 amide bonds. The summed E-state index contributed by atoms with van der Waals surface area (Å²) >= 11 is 0. The predicted molar refractivity (Wildman–Crippen MR) is 74.5 cm³/mol. The van der Waals surface area contributed by atoms with Gasteiger partial charge in [-0.15, -0.1) is 0 Å². The molecule has 21 heavy (non-hydrogen) atoms. The van der Waals surface area contributed by atoms with E-state index in [0.29, 0.717) is 25.3 Å². The van der Waals surface area contributed by atoms with Crippen molar-refractivity contribution in [3.63, 3.8) is 0 Å². The van der Waals surface area contributed by atoms with Crippen LogP contribution >= 0.6 is 0 Å². The molecule has 2 N–H and O–H groups in total. The molecule has 0 aromatic heterocycles. The van der Waals surface area contributed by atoms with Gasteiger partial charge in [-0.05, 0) is 25.2 Å². The molecule has 0 aromatic carbocycles. The molecule has 1 aliphatic carbocycles. The van der Waals surface area contributed by atoms with Gasteiger partial charge in [-0.3, -0.25) is 4.79 Å². The fraction of sp³-hybridized carbons (Fsp3) is 0.933. The summed E-state index contributed by atoms with van der Waals surface area (Å²) in [6.07, 6.45) is 2.68. The summed E-state index contributed by atoms with van der Waals surface area (Å²) in [5.41, 5.74) is 5.96. The maximum Gasteiger partial charge on any atom is 0.393 e. The van der Waals surface area contributed by atoms with E-state index in [-0.39, 0.29) is 18.9 Å². The van der Waals surface area contributed by atoms with Crippen LogP contribution in [-0.2, 0) is 4.79 Å². The van der Waals surface area contributed by atoms with Crippen LogP contribution in [0.25, 0.3) is 0 Å². The highest BCUT2D eigenvalue weighted by Crippen LogP contribution is 2.33. The van der Waals surface area contributed by atoms with Crippen LogP contribution in [0.15, 0.2) is 0 Å². The van der Waals surface area contributed by atoms with Crippen molar-refractivity contribution in [2.75, 3.05) is 13.1 Å². The van der Waals surface area contributed by atoms with E-state index in [1.54, 1.807) is 0 Å². The molecule has 1 saturated carbocycles. The molecule has 0 bridgehead atoms. The second-order valence-electron chi connectivity index (χ2n) is 6.51. The van der Waals surface area contributed by atoms with E-state index in [2.05, 4.69) is 0 Å². The molecule has 0 radical (unpaired) electrons. The second kappa shape index (κ2) is 6.99. The van der Waals surface area contributed by atoms with Crippen molar-refractivity contribution in [1.82, 2.24) is 4.90 Å². The number of hydrogen-bond acceptors (Lipinski definition) is 2. The van der Waals surface area contributed by atoms with Gasteiger partial charge in [-0.1, -0.05) is 32.1 Å². The van der Waals surface area contributed by atoms with Crippen LogP contribution < -0.4 is 5.73 Å². The van der Waals surface area contributed by atoms with Gasteiger partial charge < -0.3 is 10.6 Å². The van der Waals surface area contributed by atoms with Gasteiger partial charge in [0.1, 0.15) is 0 Å². The number of carbonyl (C=O) groups excluding carboxylic acids is 1. The van der Waals surface area contributed by atoms with E-state index in [9.17, 15) is 18.0 Å². The van der Waals surface area contributed by atoms with Gasteiger partial charge in [-0.25, -0.2) is 0 Å². The highest BCUT2D eigenvalue weighted by Gasteiger charge is 2.43. The van der Waals surface area contributed by atoms with Gasteiger partial charge in [0.25, 0.3) is 0 Å². The minimum absolute atomic E-state index is 0.116. The Balaban J connectivity index is 1.86. The third-order valence-electron chi connectivity index (χ3n) is 4.83. The normalized spacial score (nSPS) is 26.7. The summed E-state index contributed by atoms with van der Waals surface area (Å²) in [6, 6.07) is -0.639. The third-order valence-corrected chi connectivity index (χ3v) is 4.83. The smallest absolute Gasteiger partial charge is 0.341 e. The lowest BCUT2D eigenvalue weighted by Gasteiger charge is -2.35. The van der Waals surface area contributed by atoms with Crippen LogP contribution in [0.4, 0.5) is 13.2 Å². The maximum atomic E-state index is 12.8. The Labute approximate surface area is 124 Å². The van der Waals surface area contributed by atoms with Crippen LogP contribution in [0.1, 0.15) is 51.4 Å². The van der Waals surface area contributed by atoms with Gasteiger partial charge in [0.2, 0.25) is 5.91 Å². The number of hydrogen-bond donors (Lipinski definition) is 1. The fourth-order valence-corrected chi connectivity index (χ4v) is 3.56. The molecule has 3 nitrogen and oxygen atoms in total. The average molecular weight is 306 g/mol. The van der Waals surface area contributed by atoms with Crippen molar-refractivity contribution in [2.45, 2.75) is 63.6 Å². The Morgan fingerprint density at radius 1 is 1.14 bits per heavy atom. The first-order chi connectivity index (χ1) is 9.88. The van der Waals surface area contributed by atoms with Crippen LogP contribution in [0, 0.1) is 11.8 Å². The van der Waals surface area contributed by atoms with E-state index in [4.69, 9.17) is 5.73 Å². The zero-order valence-corrected chi connectivity index (χ0v) is 12.4. The number of amides is 1. The highest BCUT2D eigenvalue weighted by atomic mass is 19.4. The largest absolute Gasteiger partial charge is 0.393 e. The van der Waals surface area contributed by atoms with E-state index in [1.165, 1.54) is 24.2 Å². The van der Waals surface area contributed by atoms with Gasteiger partial charge in [0.15, 0.2) is 0 Å². The van der Waals surface area contributed by atoms with Gasteiger partial charge in [0.05, 0.1) is 12.0 Å². The minimum Gasteiger partial charge on any atom is -0.341 e. The molecule has 6 heteroatoms.